The van der Waals surface area contributed by atoms with Crippen LogP contribution in [0.3, 0.4) is 0 Å². The summed E-state index contributed by atoms with van der Waals surface area (Å²) < 4.78 is 4.90. The average Bonchev–Trinajstić information content (AvgIpc) is 2.64. The molecule has 0 aromatic rings. The number of nitrogens with zero attached hydrogens (tertiary/aromatic N) is 2. The topological polar surface area (TPSA) is 70.1 Å². The fraction of sp³-hybridized carbons (Fsp3) is 0.800. The molecule has 2 amide bonds. The van der Waals surface area contributed by atoms with Gasteiger partial charge in [-0.3, -0.25) is 0 Å². The zero-order valence-corrected chi connectivity index (χ0v) is 9.26. The van der Waals surface area contributed by atoms with Gasteiger partial charge in [-0.25, -0.2) is 9.59 Å². The van der Waals surface area contributed by atoms with Crippen molar-refractivity contribution < 1.29 is 19.4 Å². The highest BCUT2D eigenvalue weighted by atomic mass is 16.6. The van der Waals surface area contributed by atoms with E-state index in [0.29, 0.717) is 32.7 Å². The Morgan fingerprint density at radius 2 is 2.25 bits per heavy atom. The second-order valence-corrected chi connectivity index (χ2v) is 4.37. The Hall–Kier alpha value is -1.46. The maximum Gasteiger partial charge on any atom is 0.410 e. The highest BCUT2D eigenvalue weighted by Gasteiger charge is 2.37. The lowest BCUT2D eigenvalue weighted by atomic mass is 9.93. The summed E-state index contributed by atoms with van der Waals surface area (Å²) in [6, 6.07) is 0.116. The molecule has 2 rings (SSSR count). The molecule has 2 atom stereocenters. The van der Waals surface area contributed by atoms with Crippen molar-refractivity contribution in [3.63, 3.8) is 0 Å². The van der Waals surface area contributed by atoms with E-state index in [1.807, 2.05) is 6.92 Å². The molecule has 6 nitrogen and oxygen atoms in total. The Kier molecular flexibility index (Phi) is 2.89. The number of likely N-dealkylation sites (tertiary alicyclic amines) is 1. The molecule has 0 bridgehead atoms. The second kappa shape index (κ2) is 4.19. The summed E-state index contributed by atoms with van der Waals surface area (Å²) in [5.74, 6) is 0.162. The van der Waals surface area contributed by atoms with E-state index in [1.165, 1.54) is 4.90 Å². The van der Waals surface area contributed by atoms with Crippen LogP contribution in [-0.4, -0.2) is 59.4 Å². The quantitative estimate of drug-likeness (QED) is 0.721. The first-order valence-electron chi connectivity index (χ1n) is 5.51. The largest absolute Gasteiger partial charge is 0.465 e. The lowest BCUT2D eigenvalue weighted by Crippen LogP contribution is -2.51. The van der Waals surface area contributed by atoms with Gasteiger partial charge >= 0.3 is 12.2 Å². The Labute approximate surface area is 93.8 Å². The van der Waals surface area contributed by atoms with Crippen LogP contribution in [0.5, 0.6) is 0 Å². The van der Waals surface area contributed by atoms with Crippen molar-refractivity contribution >= 4 is 12.2 Å². The van der Waals surface area contributed by atoms with Crippen LogP contribution in [-0.2, 0) is 4.74 Å². The zero-order valence-electron chi connectivity index (χ0n) is 9.26. The van der Waals surface area contributed by atoms with E-state index in [2.05, 4.69) is 0 Å². The number of ether oxygens (including phenoxy) is 1. The van der Waals surface area contributed by atoms with Crippen molar-refractivity contribution in [2.75, 3.05) is 26.2 Å². The van der Waals surface area contributed by atoms with Crippen LogP contribution in [0.15, 0.2) is 0 Å². The number of hydrogen-bond acceptors (Lipinski definition) is 3. The SMILES string of the molecule is CC1CN(C(=O)O)CCC1N1CCOC1=O. The Morgan fingerprint density at radius 1 is 1.50 bits per heavy atom. The highest BCUT2D eigenvalue weighted by molar-refractivity contribution is 5.70. The lowest BCUT2D eigenvalue weighted by Gasteiger charge is -2.39. The molecule has 2 fully saturated rings. The van der Waals surface area contributed by atoms with Crippen LogP contribution >= 0.6 is 0 Å². The number of cyclic esters (lactones) is 1. The molecular weight excluding hydrogens is 212 g/mol. The van der Waals surface area contributed by atoms with Gasteiger partial charge in [-0.2, -0.15) is 0 Å². The molecule has 2 heterocycles. The minimum Gasteiger partial charge on any atom is -0.465 e. The second-order valence-electron chi connectivity index (χ2n) is 4.37. The molecule has 16 heavy (non-hydrogen) atoms. The number of carbonyl (C=O) groups is 2. The molecule has 2 aliphatic rings. The first-order valence-corrected chi connectivity index (χ1v) is 5.51. The van der Waals surface area contributed by atoms with Crippen molar-refractivity contribution in [2.24, 2.45) is 5.92 Å². The number of amides is 2. The third-order valence-electron chi connectivity index (χ3n) is 3.32. The Bertz CT molecular complexity index is 307. The van der Waals surface area contributed by atoms with E-state index < -0.39 is 6.09 Å². The first-order chi connectivity index (χ1) is 7.59. The molecule has 1 N–H and O–H groups in total. The smallest absolute Gasteiger partial charge is 0.410 e. The van der Waals surface area contributed by atoms with Gasteiger partial charge in [0.15, 0.2) is 0 Å². The molecule has 0 radical (unpaired) electrons. The summed E-state index contributed by atoms with van der Waals surface area (Å²) in [5, 5.41) is 8.88. The normalized spacial score (nSPS) is 30.4. The predicted molar refractivity (Wildman–Crippen MR) is 55.2 cm³/mol. The van der Waals surface area contributed by atoms with Crippen LogP contribution < -0.4 is 0 Å². The average molecular weight is 228 g/mol. The standard InChI is InChI=1S/C10H16N2O4/c1-7-6-11(9(13)14)3-2-8(7)12-4-5-16-10(12)15/h7-8H,2-6H2,1H3,(H,13,14). The number of carbonyl (C=O) groups excluding carboxylic acids is 1. The van der Waals surface area contributed by atoms with Gasteiger partial charge in [0.2, 0.25) is 0 Å². The highest BCUT2D eigenvalue weighted by Crippen LogP contribution is 2.24. The Morgan fingerprint density at radius 3 is 2.75 bits per heavy atom. The molecule has 2 unspecified atom stereocenters. The molecule has 6 heteroatoms. The van der Waals surface area contributed by atoms with E-state index in [-0.39, 0.29) is 18.1 Å². The minimum atomic E-state index is -0.880. The third kappa shape index (κ3) is 1.91. The molecule has 0 spiro atoms. The van der Waals surface area contributed by atoms with Crippen molar-refractivity contribution in [3.05, 3.63) is 0 Å². The molecular formula is C10H16N2O4. The molecule has 2 aliphatic heterocycles. The molecule has 2 saturated heterocycles. The summed E-state index contributed by atoms with van der Waals surface area (Å²) >= 11 is 0. The number of hydrogen-bond donors (Lipinski definition) is 1. The number of piperidine rings is 1. The molecule has 0 aromatic carbocycles. The predicted octanol–water partition coefficient (Wildman–Crippen LogP) is 0.827. The van der Waals surface area contributed by atoms with Gasteiger partial charge in [0.05, 0.1) is 6.54 Å². The molecule has 0 saturated carbocycles. The van der Waals surface area contributed by atoms with E-state index >= 15 is 0 Å². The van der Waals surface area contributed by atoms with E-state index in [9.17, 15) is 9.59 Å². The molecule has 0 aromatic heterocycles. The number of rotatable bonds is 1. The van der Waals surface area contributed by atoms with E-state index in [0.717, 1.165) is 0 Å². The third-order valence-corrected chi connectivity index (χ3v) is 3.32. The van der Waals surface area contributed by atoms with Gasteiger partial charge in [0.25, 0.3) is 0 Å². The lowest BCUT2D eigenvalue weighted by molar-refractivity contribution is 0.0776. The minimum absolute atomic E-state index is 0.116. The van der Waals surface area contributed by atoms with Crippen LogP contribution in [0, 0.1) is 5.92 Å². The maximum atomic E-state index is 11.4. The van der Waals surface area contributed by atoms with Crippen LogP contribution in [0.2, 0.25) is 0 Å². The molecule has 0 aliphatic carbocycles. The van der Waals surface area contributed by atoms with E-state index in [1.54, 1.807) is 4.90 Å². The number of carboxylic acid groups (broad SMARTS) is 1. The van der Waals surface area contributed by atoms with Gasteiger partial charge in [-0.05, 0) is 12.3 Å². The van der Waals surface area contributed by atoms with Gasteiger partial charge in [0.1, 0.15) is 6.61 Å². The van der Waals surface area contributed by atoms with Gasteiger partial charge in [-0.1, -0.05) is 6.92 Å². The fourth-order valence-corrected chi connectivity index (χ4v) is 2.48. The van der Waals surface area contributed by atoms with E-state index in [4.69, 9.17) is 9.84 Å². The summed E-state index contributed by atoms with van der Waals surface area (Å²) in [7, 11) is 0. The molecule has 90 valence electrons. The van der Waals surface area contributed by atoms with Crippen LogP contribution in [0.1, 0.15) is 13.3 Å². The van der Waals surface area contributed by atoms with Gasteiger partial charge in [-0.15, -0.1) is 0 Å². The summed E-state index contributed by atoms with van der Waals surface area (Å²) in [6.07, 6.45) is -0.447. The fourth-order valence-electron chi connectivity index (χ4n) is 2.48. The van der Waals surface area contributed by atoms with Gasteiger partial charge < -0.3 is 19.6 Å². The monoisotopic (exact) mass is 228 g/mol. The van der Waals surface area contributed by atoms with Crippen molar-refractivity contribution in [1.82, 2.24) is 9.80 Å². The first kappa shape index (κ1) is 11.0. The van der Waals surface area contributed by atoms with Gasteiger partial charge in [0, 0.05) is 19.1 Å². The van der Waals surface area contributed by atoms with Crippen LogP contribution in [0.4, 0.5) is 9.59 Å². The van der Waals surface area contributed by atoms with Crippen LogP contribution in [0.25, 0.3) is 0 Å². The summed E-state index contributed by atoms with van der Waals surface area (Å²) in [4.78, 5) is 25.4. The summed E-state index contributed by atoms with van der Waals surface area (Å²) in [5.41, 5.74) is 0. The zero-order chi connectivity index (χ0) is 11.7. The summed E-state index contributed by atoms with van der Waals surface area (Å²) in [6.45, 7) is 4.04. The van der Waals surface area contributed by atoms with Crippen molar-refractivity contribution in [2.45, 2.75) is 19.4 Å². The maximum absolute atomic E-state index is 11.4. The van der Waals surface area contributed by atoms with Crippen molar-refractivity contribution in [1.29, 1.82) is 0 Å². The Balaban J connectivity index is 1.98. The van der Waals surface area contributed by atoms with Crippen molar-refractivity contribution in [3.8, 4) is 0 Å².